The molecule has 0 unspecified atom stereocenters. The van der Waals surface area contributed by atoms with E-state index in [1.165, 1.54) is 0 Å². The van der Waals surface area contributed by atoms with E-state index in [0.717, 1.165) is 0 Å². The third kappa shape index (κ3) is 5.32. The third-order valence-corrected chi connectivity index (χ3v) is 5.49. The van der Waals surface area contributed by atoms with Crippen LogP contribution in [0, 0.1) is 0 Å². The summed E-state index contributed by atoms with van der Waals surface area (Å²) in [6.07, 6.45) is -1.83. The van der Waals surface area contributed by atoms with Gasteiger partial charge < -0.3 is 18.9 Å². The molecule has 3 aromatic carbocycles. The Bertz CT molecular complexity index is 1130. The summed E-state index contributed by atoms with van der Waals surface area (Å²) in [6.45, 7) is 1.42. The maximum atomic E-state index is 12.8. The summed E-state index contributed by atoms with van der Waals surface area (Å²) in [5, 5.41) is 0. The highest BCUT2D eigenvalue weighted by atomic mass is 16.7. The van der Waals surface area contributed by atoms with Crippen LogP contribution in [0.25, 0.3) is 0 Å². The molecule has 174 valence electrons. The van der Waals surface area contributed by atoms with Gasteiger partial charge in [-0.15, -0.1) is 0 Å². The van der Waals surface area contributed by atoms with E-state index < -0.39 is 35.7 Å². The predicted molar refractivity (Wildman–Crippen MR) is 122 cm³/mol. The first kappa shape index (κ1) is 23.2. The quantitative estimate of drug-likeness (QED) is 0.388. The van der Waals surface area contributed by atoms with E-state index in [0.29, 0.717) is 16.7 Å². The molecule has 1 fully saturated rings. The monoisotopic (exact) mass is 460 g/mol. The molecule has 0 N–H and O–H groups in total. The molecule has 1 aliphatic heterocycles. The van der Waals surface area contributed by atoms with E-state index in [2.05, 4.69) is 0 Å². The topological polar surface area (TPSA) is 88.1 Å². The highest BCUT2D eigenvalue weighted by molar-refractivity contribution is 5.91. The van der Waals surface area contributed by atoms with Crippen molar-refractivity contribution in [2.45, 2.75) is 24.7 Å². The van der Waals surface area contributed by atoms with Gasteiger partial charge >= 0.3 is 17.9 Å². The minimum absolute atomic E-state index is 0.0358. The average Bonchev–Trinajstić information content (AvgIpc) is 3.18. The van der Waals surface area contributed by atoms with Crippen LogP contribution < -0.4 is 0 Å². The molecule has 1 aliphatic rings. The van der Waals surface area contributed by atoms with Gasteiger partial charge in [0.05, 0.1) is 23.3 Å². The molecule has 0 radical (unpaired) electrons. The van der Waals surface area contributed by atoms with Gasteiger partial charge in [0.25, 0.3) is 0 Å². The van der Waals surface area contributed by atoms with Crippen LogP contribution >= 0.6 is 0 Å². The molecular formula is C27H24O7. The van der Waals surface area contributed by atoms with Gasteiger partial charge in [0.2, 0.25) is 0 Å². The Labute approximate surface area is 197 Å². The maximum Gasteiger partial charge on any atom is 0.338 e. The average molecular weight is 460 g/mol. The van der Waals surface area contributed by atoms with Crippen molar-refractivity contribution in [3.63, 3.8) is 0 Å². The van der Waals surface area contributed by atoms with Crippen LogP contribution in [-0.2, 0) is 18.9 Å². The number of hydrogen-bond donors (Lipinski definition) is 0. The summed E-state index contributed by atoms with van der Waals surface area (Å²) in [6, 6.07) is 25.5. The molecule has 3 atom stereocenters. The van der Waals surface area contributed by atoms with Gasteiger partial charge in [-0.05, 0) is 43.3 Å². The van der Waals surface area contributed by atoms with Gasteiger partial charge in [-0.2, -0.15) is 0 Å². The number of hydrogen-bond acceptors (Lipinski definition) is 7. The second-order valence-electron chi connectivity index (χ2n) is 8.07. The van der Waals surface area contributed by atoms with Gasteiger partial charge in [-0.1, -0.05) is 54.6 Å². The van der Waals surface area contributed by atoms with Crippen molar-refractivity contribution in [2.24, 2.45) is 0 Å². The summed E-state index contributed by atoms with van der Waals surface area (Å²) in [4.78, 5) is 38.0. The Balaban J connectivity index is 1.52. The fourth-order valence-electron chi connectivity index (χ4n) is 3.68. The molecule has 0 aromatic heterocycles. The number of carbonyl (C=O) groups excluding carboxylic acids is 3. The van der Waals surface area contributed by atoms with Crippen molar-refractivity contribution < 1.29 is 33.3 Å². The van der Waals surface area contributed by atoms with E-state index in [-0.39, 0.29) is 13.2 Å². The standard InChI is InChI=1S/C27H24O7/c1-27(34-26(30)21-15-9-4-10-16-21)18-32-22(17-31-24(28)19-11-5-2-6-12-19)23(27)33-25(29)20-13-7-3-8-14-20/h2-16,22-23H,17-18H2,1H3/t22-,23-,27+/m1/s1. The molecule has 1 saturated heterocycles. The largest absolute Gasteiger partial charge is 0.459 e. The zero-order valence-corrected chi connectivity index (χ0v) is 18.6. The summed E-state index contributed by atoms with van der Waals surface area (Å²) >= 11 is 0. The molecule has 4 rings (SSSR count). The van der Waals surface area contributed by atoms with Crippen molar-refractivity contribution in [3.8, 4) is 0 Å². The second kappa shape index (κ2) is 10.3. The van der Waals surface area contributed by atoms with Crippen molar-refractivity contribution in [3.05, 3.63) is 108 Å². The van der Waals surface area contributed by atoms with Crippen LogP contribution in [-0.4, -0.2) is 48.9 Å². The fraction of sp³-hybridized carbons (Fsp3) is 0.222. The predicted octanol–water partition coefficient (Wildman–Crippen LogP) is 4.08. The number of carbonyl (C=O) groups is 3. The first-order chi connectivity index (χ1) is 16.5. The van der Waals surface area contributed by atoms with Crippen molar-refractivity contribution in [1.29, 1.82) is 0 Å². The van der Waals surface area contributed by atoms with E-state index in [1.54, 1.807) is 97.9 Å². The fourth-order valence-corrected chi connectivity index (χ4v) is 3.68. The van der Waals surface area contributed by atoms with Crippen molar-refractivity contribution in [2.75, 3.05) is 13.2 Å². The maximum absolute atomic E-state index is 12.8. The molecule has 7 nitrogen and oxygen atoms in total. The van der Waals surface area contributed by atoms with Crippen LogP contribution in [0.2, 0.25) is 0 Å². The van der Waals surface area contributed by atoms with Gasteiger partial charge in [-0.3, -0.25) is 0 Å². The van der Waals surface area contributed by atoms with E-state index >= 15 is 0 Å². The molecule has 0 spiro atoms. The third-order valence-electron chi connectivity index (χ3n) is 5.49. The van der Waals surface area contributed by atoms with Crippen LogP contribution in [0.1, 0.15) is 38.0 Å². The lowest BCUT2D eigenvalue weighted by atomic mass is 9.98. The summed E-state index contributed by atoms with van der Waals surface area (Å²) in [7, 11) is 0. The molecule has 1 heterocycles. The lowest BCUT2D eigenvalue weighted by Gasteiger charge is -2.31. The Kier molecular flexibility index (Phi) is 7.04. The van der Waals surface area contributed by atoms with Gasteiger partial charge in [0.1, 0.15) is 12.7 Å². The van der Waals surface area contributed by atoms with Gasteiger partial charge in [-0.25, -0.2) is 14.4 Å². The first-order valence-corrected chi connectivity index (χ1v) is 10.8. The Morgan fingerprint density at radius 3 is 1.76 bits per heavy atom. The van der Waals surface area contributed by atoms with Crippen molar-refractivity contribution in [1.82, 2.24) is 0 Å². The van der Waals surface area contributed by atoms with Crippen LogP contribution in [0.4, 0.5) is 0 Å². The molecule has 3 aromatic rings. The first-order valence-electron chi connectivity index (χ1n) is 10.8. The lowest BCUT2D eigenvalue weighted by molar-refractivity contribution is -0.0756. The smallest absolute Gasteiger partial charge is 0.338 e. The minimum Gasteiger partial charge on any atom is -0.459 e. The highest BCUT2D eigenvalue weighted by Crippen LogP contribution is 2.33. The van der Waals surface area contributed by atoms with Gasteiger partial charge in [0.15, 0.2) is 11.7 Å². The summed E-state index contributed by atoms with van der Waals surface area (Å²) < 4.78 is 22.8. The Morgan fingerprint density at radius 2 is 1.24 bits per heavy atom. The van der Waals surface area contributed by atoms with E-state index in [9.17, 15) is 14.4 Å². The van der Waals surface area contributed by atoms with Crippen LogP contribution in [0.3, 0.4) is 0 Å². The van der Waals surface area contributed by atoms with E-state index in [1.807, 2.05) is 0 Å². The molecule has 7 heteroatoms. The van der Waals surface area contributed by atoms with Crippen LogP contribution in [0.15, 0.2) is 91.0 Å². The molecule has 0 amide bonds. The van der Waals surface area contributed by atoms with Crippen LogP contribution in [0.5, 0.6) is 0 Å². The zero-order valence-electron chi connectivity index (χ0n) is 18.6. The number of esters is 3. The number of ether oxygens (including phenoxy) is 4. The Morgan fingerprint density at radius 1 is 0.765 bits per heavy atom. The second-order valence-corrected chi connectivity index (χ2v) is 8.07. The van der Waals surface area contributed by atoms with Crippen molar-refractivity contribution >= 4 is 17.9 Å². The molecule has 0 bridgehead atoms. The van der Waals surface area contributed by atoms with E-state index in [4.69, 9.17) is 18.9 Å². The molecule has 0 saturated carbocycles. The Hall–Kier alpha value is -3.97. The highest BCUT2D eigenvalue weighted by Gasteiger charge is 2.53. The number of rotatable bonds is 7. The molecular weight excluding hydrogens is 436 g/mol. The SMILES string of the molecule is C[C@]1(OC(=O)c2ccccc2)CO[C@H](COC(=O)c2ccccc2)[C@H]1OC(=O)c1ccccc1. The normalized spacial score (nSPS) is 21.4. The number of benzene rings is 3. The summed E-state index contributed by atoms with van der Waals surface area (Å²) in [5.74, 6) is -1.71. The lowest BCUT2D eigenvalue weighted by Crippen LogP contribution is -2.48. The summed E-state index contributed by atoms with van der Waals surface area (Å²) in [5.41, 5.74) is -0.208. The molecule has 34 heavy (non-hydrogen) atoms. The molecule has 0 aliphatic carbocycles. The van der Waals surface area contributed by atoms with Gasteiger partial charge in [0, 0.05) is 0 Å². The minimum atomic E-state index is -1.29. The zero-order chi connectivity index (χ0) is 24.0.